The second-order valence-electron chi connectivity index (χ2n) is 5.02. The van der Waals surface area contributed by atoms with Crippen molar-refractivity contribution in [3.05, 3.63) is 0 Å². The summed E-state index contributed by atoms with van der Waals surface area (Å²) in [5.41, 5.74) is 0. The number of hydrogen-bond acceptors (Lipinski definition) is 4. The van der Waals surface area contributed by atoms with Gasteiger partial charge < -0.3 is 19.3 Å². The molecule has 0 heterocycles. The maximum atomic E-state index is 8.83. The van der Waals surface area contributed by atoms with E-state index in [1.165, 1.54) is 6.42 Å². The van der Waals surface area contributed by atoms with E-state index >= 15 is 0 Å². The van der Waals surface area contributed by atoms with E-state index in [1.54, 1.807) is 0 Å². The molecule has 0 aromatic heterocycles. The molecular formula is C15H32O4. The van der Waals surface area contributed by atoms with Crippen molar-refractivity contribution in [1.82, 2.24) is 0 Å². The average Bonchev–Trinajstić information content (AvgIpc) is 2.38. The zero-order valence-electron chi connectivity index (χ0n) is 12.9. The Morgan fingerprint density at radius 1 is 0.947 bits per heavy atom. The van der Waals surface area contributed by atoms with E-state index in [4.69, 9.17) is 19.3 Å². The highest BCUT2D eigenvalue weighted by Crippen LogP contribution is 2.08. The largest absolute Gasteiger partial charge is 0.396 e. The van der Waals surface area contributed by atoms with E-state index in [9.17, 15) is 0 Å². The van der Waals surface area contributed by atoms with Gasteiger partial charge in [0.25, 0.3) is 0 Å². The Bertz CT molecular complexity index is 174. The number of unbranched alkanes of at least 4 members (excludes halogenated alkanes) is 2. The molecule has 0 aliphatic rings. The molecule has 0 radical (unpaired) electrons. The zero-order chi connectivity index (χ0) is 14.3. The first kappa shape index (κ1) is 18.8. The maximum Gasteiger partial charge on any atom is 0.158 e. The van der Waals surface area contributed by atoms with E-state index in [2.05, 4.69) is 6.92 Å². The third-order valence-corrected chi connectivity index (χ3v) is 2.65. The summed E-state index contributed by atoms with van der Waals surface area (Å²) >= 11 is 0. The molecule has 1 N–H and O–H groups in total. The summed E-state index contributed by atoms with van der Waals surface area (Å²) in [5, 5.41) is 8.83. The van der Waals surface area contributed by atoms with Crippen LogP contribution in [0.5, 0.6) is 0 Å². The zero-order valence-corrected chi connectivity index (χ0v) is 12.9. The van der Waals surface area contributed by atoms with Crippen LogP contribution in [-0.2, 0) is 14.2 Å². The molecule has 0 aliphatic carbocycles. The number of hydrogen-bond donors (Lipinski definition) is 1. The average molecular weight is 276 g/mol. The molecule has 0 saturated carbocycles. The van der Waals surface area contributed by atoms with E-state index in [0.29, 0.717) is 6.61 Å². The van der Waals surface area contributed by atoms with Crippen LogP contribution in [0.3, 0.4) is 0 Å². The van der Waals surface area contributed by atoms with E-state index in [0.717, 1.165) is 45.3 Å². The Labute approximate surface area is 118 Å². The Hall–Kier alpha value is -0.160. The summed E-state index contributed by atoms with van der Waals surface area (Å²) < 4.78 is 16.8. The highest BCUT2D eigenvalue weighted by atomic mass is 16.7. The summed E-state index contributed by atoms with van der Waals surface area (Å²) in [6, 6.07) is 0. The third kappa shape index (κ3) is 14.1. The smallest absolute Gasteiger partial charge is 0.158 e. The molecule has 0 bridgehead atoms. The molecule has 0 spiro atoms. The van der Waals surface area contributed by atoms with Crippen molar-refractivity contribution in [2.75, 3.05) is 26.4 Å². The topological polar surface area (TPSA) is 47.9 Å². The molecule has 0 aromatic rings. The molecule has 0 rings (SSSR count). The van der Waals surface area contributed by atoms with Crippen molar-refractivity contribution in [3.63, 3.8) is 0 Å². The van der Waals surface area contributed by atoms with Gasteiger partial charge >= 0.3 is 0 Å². The van der Waals surface area contributed by atoms with Crippen molar-refractivity contribution in [3.8, 4) is 0 Å². The molecule has 1 unspecified atom stereocenters. The molecule has 0 fully saturated rings. The lowest BCUT2D eigenvalue weighted by Gasteiger charge is -2.20. The van der Waals surface area contributed by atoms with Crippen LogP contribution in [0.1, 0.15) is 59.3 Å². The van der Waals surface area contributed by atoms with Gasteiger partial charge in [0.05, 0.1) is 6.10 Å². The second-order valence-corrected chi connectivity index (χ2v) is 5.02. The van der Waals surface area contributed by atoms with Crippen LogP contribution in [0.4, 0.5) is 0 Å². The van der Waals surface area contributed by atoms with E-state index in [1.807, 2.05) is 13.8 Å². The van der Waals surface area contributed by atoms with Gasteiger partial charge in [-0.25, -0.2) is 0 Å². The minimum atomic E-state index is -0.187. The highest BCUT2D eigenvalue weighted by molar-refractivity contribution is 4.50. The molecular weight excluding hydrogens is 244 g/mol. The molecule has 4 heteroatoms. The second kappa shape index (κ2) is 14.3. The molecule has 0 aliphatic heterocycles. The van der Waals surface area contributed by atoms with Crippen LogP contribution >= 0.6 is 0 Å². The lowest BCUT2D eigenvalue weighted by molar-refractivity contribution is -0.168. The van der Waals surface area contributed by atoms with Crippen molar-refractivity contribution in [1.29, 1.82) is 0 Å². The van der Waals surface area contributed by atoms with Gasteiger partial charge in [0.1, 0.15) is 0 Å². The standard InChI is InChI=1S/C15H32O4/c1-4-5-11-17-12-6-7-13-18-15(9-8-10-16)19-14(2)3/h14-16H,4-13H2,1-3H3. The van der Waals surface area contributed by atoms with Gasteiger partial charge in [-0.2, -0.15) is 0 Å². The van der Waals surface area contributed by atoms with Crippen LogP contribution < -0.4 is 0 Å². The molecule has 4 nitrogen and oxygen atoms in total. The Kier molecular flexibility index (Phi) is 14.1. The third-order valence-electron chi connectivity index (χ3n) is 2.65. The molecule has 0 aromatic carbocycles. The minimum absolute atomic E-state index is 0.154. The number of aliphatic hydroxyl groups excluding tert-OH is 1. The lowest BCUT2D eigenvalue weighted by Crippen LogP contribution is -2.22. The van der Waals surface area contributed by atoms with E-state index < -0.39 is 0 Å². The monoisotopic (exact) mass is 276 g/mol. The summed E-state index contributed by atoms with van der Waals surface area (Å²) in [6.07, 6.45) is 5.78. The molecule has 0 amide bonds. The minimum Gasteiger partial charge on any atom is -0.396 e. The van der Waals surface area contributed by atoms with Gasteiger partial charge in [-0.3, -0.25) is 0 Å². The van der Waals surface area contributed by atoms with Gasteiger partial charge in [-0.05, 0) is 39.5 Å². The predicted molar refractivity (Wildman–Crippen MR) is 77.2 cm³/mol. The fraction of sp³-hybridized carbons (Fsp3) is 1.00. The molecule has 0 saturated heterocycles. The van der Waals surface area contributed by atoms with Crippen LogP contribution in [0, 0.1) is 0 Å². The Balaban J connectivity index is 3.46. The number of aliphatic hydroxyl groups is 1. The van der Waals surface area contributed by atoms with Gasteiger partial charge in [0, 0.05) is 32.8 Å². The lowest BCUT2D eigenvalue weighted by atomic mass is 10.3. The highest BCUT2D eigenvalue weighted by Gasteiger charge is 2.10. The SMILES string of the molecule is CCCCOCCCCOC(CCCO)OC(C)C. The first-order valence-corrected chi connectivity index (χ1v) is 7.66. The van der Waals surface area contributed by atoms with E-state index in [-0.39, 0.29) is 19.0 Å². The van der Waals surface area contributed by atoms with Gasteiger partial charge in [0.2, 0.25) is 0 Å². The van der Waals surface area contributed by atoms with Crippen LogP contribution in [0.2, 0.25) is 0 Å². The molecule has 19 heavy (non-hydrogen) atoms. The fourth-order valence-corrected chi connectivity index (χ4v) is 1.62. The predicted octanol–water partition coefficient (Wildman–Crippen LogP) is 3.12. The van der Waals surface area contributed by atoms with Crippen LogP contribution in [-0.4, -0.2) is 43.9 Å². The van der Waals surface area contributed by atoms with Gasteiger partial charge in [-0.15, -0.1) is 0 Å². The first-order chi connectivity index (χ1) is 9.20. The van der Waals surface area contributed by atoms with Crippen molar-refractivity contribution < 1.29 is 19.3 Å². The number of ether oxygens (including phenoxy) is 3. The summed E-state index contributed by atoms with van der Waals surface area (Å²) in [7, 11) is 0. The summed E-state index contributed by atoms with van der Waals surface area (Å²) in [5.74, 6) is 0. The first-order valence-electron chi connectivity index (χ1n) is 7.66. The fourth-order valence-electron chi connectivity index (χ4n) is 1.62. The van der Waals surface area contributed by atoms with Crippen molar-refractivity contribution >= 4 is 0 Å². The summed E-state index contributed by atoms with van der Waals surface area (Å²) in [4.78, 5) is 0. The van der Waals surface area contributed by atoms with Gasteiger partial charge in [-0.1, -0.05) is 13.3 Å². The number of rotatable bonds is 14. The van der Waals surface area contributed by atoms with Crippen molar-refractivity contribution in [2.45, 2.75) is 71.7 Å². The summed E-state index contributed by atoms with van der Waals surface area (Å²) in [6.45, 7) is 8.72. The molecule has 116 valence electrons. The van der Waals surface area contributed by atoms with Crippen molar-refractivity contribution in [2.24, 2.45) is 0 Å². The maximum absolute atomic E-state index is 8.83. The van der Waals surface area contributed by atoms with Crippen LogP contribution in [0.25, 0.3) is 0 Å². The molecule has 1 atom stereocenters. The van der Waals surface area contributed by atoms with Gasteiger partial charge in [0.15, 0.2) is 6.29 Å². The van der Waals surface area contributed by atoms with Crippen LogP contribution in [0.15, 0.2) is 0 Å². The quantitative estimate of drug-likeness (QED) is 0.391. The Morgan fingerprint density at radius 2 is 1.63 bits per heavy atom. The Morgan fingerprint density at radius 3 is 2.26 bits per heavy atom. The normalized spacial score (nSPS) is 13.1.